The molecule has 0 radical (unpaired) electrons. The Morgan fingerprint density at radius 1 is 1.13 bits per heavy atom. The van der Waals surface area contributed by atoms with Crippen LogP contribution < -0.4 is 10.0 Å². The summed E-state index contributed by atoms with van der Waals surface area (Å²) in [6.07, 6.45) is 2.14. The van der Waals surface area contributed by atoms with Crippen molar-refractivity contribution in [2.45, 2.75) is 44.0 Å². The number of carbonyl (C=O) groups excluding carboxylic acids is 1. The van der Waals surface area contributed by atoms with E-state index in [0.717, 1.165) is 24.0 Å². The van der Waals surface area contributed by atoms with Gasteiger partial charge in [-0.25, -0.2) is 8.42 Å². The number of carbonyl (C=O) groups is 1. The third-order valence-electron chi connectivity index (χ3n) is 5.10. The van der Waals surface area contributed by atoms with Crippen LogP contribution in [-0.4, -0.2) is 24.5 Å². The maximum Gasteiger partial charge on any atom is 0.261 e. The molecular weight excluding hydrogens is 404 g/mol. The number of benzene rings is 2. The first-order chi connectivity index (χ1) is 14.3. The Bertz CT molecular complexity index is 1180. The van der Waals surface area contributed by atoms with Crippen molar-refractivity contribution in [2.24, 2.45) is 0 Å². The molecule has 1 aromatic heterocycles. The first-order valence-corrected chi connectivity index (χ1v) is 11.1. The van der Waals surface area contributed by atoms with E-state index in [0.29, 0.717) is 28.9 Å². The molecule has 0 unspecified atom stereocenters. The molecule has 0 atom stereocenters. The predicted octanol–water partition coefficient (Wildman–Crippen LogP) is 3.29. The van der Waals surface area contributed by atoms with E-state index >= 15 is 0 Å². The third kappa shape index (κ3) is 4.35. The standard InChI is InChI=1S/C21H22N4O4S/c1-13-4-3-5-18(14(13)2)25-30(27,28)17-10-8-16(9-11-17)21(26)22-12-19-23-20(24-29-19)15-6-7-15/h3-5,8-11,15,25H,6-7,12H2,1-2H3,(H,22,26). The Hall–Kier alpha value is -3.20. The van der Waals surface area contributed by atoms with Crippen molar-refractivity contribution >= 4 is 21.6 Å². The fourth-order valence-corrected chi connectivity index (χ4v) is 4.08. The number of anilines is 1. The molecule has 156 valence electrons. The first kappa shape index (κ1) is 20.1. The lowest BCUT2D eigenvalue weighted by atomic mass is 10.1. The minimum absolute atomic E-state index is 0.0749. The van der Waals surface area contributed by atoms with Gasteiger partial charge in [0.1, 0.15) is 0 Å². The van der Waals surface area contributed by atoms with E-state index < -0.39 is 10.0 Å². The van der Waals surface area contributed by atoms with Gasteiger partial charge in [0.15, 0.2) is 5.82 Å². The number of nitrogens with one attached hydrogen (secondary N) is 2. The predicted molar refractivity (Wildman–Crippen MR) is 111 cm³/mol. The van der Waals surface area contributed by atoms with Crippen LogP contribution in [0.2, 0.25) is 0 Å². The second-order valence-corrected chi connectivity index (χ2v) is 9.06. The van der Waals surface area contributed by atoms with Gasteiger partial charge in [-0.1, -0.05) is 17.3 Å². The van der Waals surface area contributed by atoms with E-state index in [2.05, 4.69) is 20.2 Å². The molecule has 4 rings (SSSR count). The lowest BCUT2D eigenvalue weighted by molar-refractivity contribution is 0.0946. The third-order valence-corrected chi connectivity index (χ3v) is 6.48. The molecule has 30 heavy (non-hydrogen) atoms. The molecule has 1 aliphatic rings. The summed E-state index contributed by atoms with van der Waals surface area (Å²) >= 11 is 0. The zero-order valence-corrected chi connectivity index (χ0v) is 17.5. The number of aromatic nitrogens is 2. The Morgan fingerprint density at radius 3 is 2.57 bits per heavy atom. The van der Waals surface area contributed by atoms with Crippen LogP contribution in [0.15, 0.2) is 51.9 Å². The molecule has 3 aromatic rings. The molecular formula is C21H22N4O4S. The molecule has 8 nitrogen and oxygen atoms in total. The van der Waals surface area contributed by atoms with Crippen LogP contribution in [0.1, 0.15) is 52.0 Å². The van der Waals surface area contributed by atoms with E-state index in [1.54, 1.807) is 12.1 Å². The highest BCUT2D eigenvalue weighted by Gasteiger charge is 2.28. The van der Waals surface area contributed by atoms with Gasteiger partial charge in [0.2, 0.25) is 5.89 Å². The Morgan fingerprint density at radius 2 is 1.87 bits per heavy atom. The molecule has 0 saturated heterocycles. The van der Waals surface area contributed by atoms with Crippen LogP contribution >= 0.6 is 0 Å². The monoisotopic (exact) mass is 426 g/mol. The Labute approximate surface area is 174 Å². The second-order valence-electron chi connectivity index (χ2n) is 7.38. The second kappa shape index (κ2) is 7.91. The van der Waals surface area contributed by atoms with Crippen LogP contribution in [0.25, 0.3) is 0 Å². The summed E-state index contributed by atoms with van der Waals surface area (Å²) in [5.41, 5.74) is 2.72. The van der Waals surface area contributed by atoms with Crippen LogP contribution in [0.3, 0.4) is 0 Å². The van der Waals surface area contributed by atoms with Crippen molar-refractivity contribution in [3.8, 4) is 0 Å². The average molecular weight is 426 g/mol. The number of aryl methyl sites for hydroxylation is 1. The highest BCUT2D eigenvalue weighted by molar-refractivity contribution is 7.92. The lowest BCUT2D eigenvalue weighted by Crippen LogP contribution is -2.23. The number of rotatable bonds is 7. The van der Waals surface area contributed by atoms with Gasteiger partial charge in [-0.15, -0.1) is 0 Å². The van der Waals surface area contributed by atoms with Crippen molar-refractivity contribution in [1.29, 1.82) is 0 Å². The minimum atomic E-state index is -3.76. The maximum atomic E-state index is 12.7. The zero-order valence-electron chi connectivity index (χ0n) is 16.7. The minimum Gasteiger partial charge on any atom is -0.343 e. The molecule has 2 N–H and O–H groups in total. The van der Waals surface area contributed by atoms with E-state index in [-0.39, 0.29) is 17.3 Å². The molecule has 2 aromatic carbocycles. The topological polar surface area (TPSA) is 114 Å². The summed E-state index contributed by atoms with van der Waals surface area (Å²) in [6.45, 7) is 3.89. The smallest absolute Gasteiger partial charge is 0.261 e. The van der Waals surface area contributed by atoms with Gasteiger partial charge < -0.3 is 9.84 Å². The average Bonchev–Trinajstić information content (AvgIpc) is 3.47. The first-order valence-electron chi connectivity index (χ1n) is 9.63. The normalized spacial score (nSPS) is 13.8. The SMILES string of the molecule is Cc1cccc(NS(=O)(=O)c2ccc(C(=O)NCc3nc(C4CC4)no3)cc2)c1C. The van der Waals surface area contributed by atoms with Gasteiger partial charge >= 0.3 is 0 Å². The summed E-state index contributed by atoms with van der Waals surface area (Å²) in [4.78, 5) is 16.7. The van der Waals surface area contributed by atoms with E-state index in [4.69, 9.17) is 4.52 Å². The molecule has 1 aliphatic carbocycles. The summed E-state index contributed by atoms with van der Waals surface area (Å²) in [7, 11) is -3.76. The number of hydrogen-bond donors (Lipinski definition) is 2. The summed E-state index contributed by atoms with van der Waals surface area (Å²) in [6, 6.07) is 11.2. The zero-order chi connectivity index (χ0) is 21.3. The van der Waals surface area contributed by atoms with Crippen LogP contribution in [0, 0.1) is 13.8 Å². The van der Waals surface area contributed by atoms with E-state index in [1.165, 1.54) is 24.3 Å². The Kier molecular flexibility index (Phi) is 5.29. The van der Waals surface area contributed by atoms with Crippen molar-refractivity contribution in [3.63, 3.8) is 0 Å². The molecule has 0 aliphatic heterocycles. The van der Waals surface area contributed by atoms with Crippen LogP contribution in [0.5, 0.6) is 0 Å². The van der Waals surface area contributed by atoms with Gasteiger partial charge in [0.05, 0.1) is 17.1 Å². The maximum absolute atomic E-state index is 12.7. The summed E-state index contributed by atoms with van der Waals surface area (Å²) in [5, 5.41) is 6.60. The molecule has 9 heteroatoms. The van der Waals surface area contributed by atoms with E-state index in [9.17, 15) is 13.2 Å². The molecule has 1 heterocycles. The molecule has 0 spiro atoms. The fourth-order valence-electron chi connectivity index (χ4n) is 2.96. The van der Waals surface area contributed by atoms with Crippen LogP contribution in [-0.2, 0) is 16.6 Å². The molecule has 1 fully saturated rings. The Balaban J connectivity index is 1.40. The lowest BCUT2D eigenvalue weighted by Gasteiger charge is -2.12. The molecule has 1 saturated carbocycles. The van der Waals surface area contributed by atoms with Gasteiger partial charge in [-0.2, -0.15) is 4.98 Å². The highest BCUT2D eigenvalue weighted by atomic mass is 32.2. The van der Waals surface area contributed by atoms with Gasteiger partial charge in [-0.05, 0) is 68.1 Å². The van der Waals surface area contributed by atoms with Gasteiger partial charge in [-0.3, -0.25) is 9.52 Å². The number of amides is 1. The molecule has 1 amide bonds. The van der Waals surface area contributed by atoms with Crippen molar-refractivity contribution in [1.82, 2.24) is 15.5 Å². The van der Waals surface area contributed by atoms with E-state index in [1.807, 2.05) is 19.9 Å². The number of sulfonamides is 1. The van der Waals surface area contributed by atoms with Crippen molar-refractivity contribution in [3.05, 3.63) is 70.9 Å². The van der Waals surface area contributed by atoms with Crippen molar-refractivity contribution < 1.29 is 17.7 Å². The van der Waals surface area contributed by atoms with Gasteiger partial charge in [0.25, 0.3) is 15.9 Å². The quantitative estimate of drug-likeness (QED) is 0.599. The largest absolute Gasteiger partial charge is 0.343 e. The fraction of sp³-hybridized carbons (Fsp3) is 0.286. The highest BCUT2D eigenvalue weighted by Crippen LogP contribution is 2.38. The summed E-state index contributed by atoms with van der Waals surface area (Å²) in [5.74, 6) is 1.06. The van der Waals surface area contributed by atoms with Crippen LogP contribution in [0.4, 0.5) is 5.69 Å². The molecule has 0 bridgehead atoms. The number of hydrogen-bond acceptors (Lipinski definition) is 6. The number of nitrogens with zero attached hydrogens (tertiary/aromatic N) is 2. The summed E-state index contributed by atoms with van der Waals surface area (Å²) < 4.78 is 33.1. The van der Waals surface area contributed by atoms with Gasteiger partial charge in [0, 0.05) is 11.5 Å². The van der Waals surface area contributed by atoms with Crippen molar-refractivity contribution in [2.75, 3.05) is 4.72 Å².